The van der Waals surface area contributed by atoms with E-state index in [1.807, 2.05) is 18.2 Å². The maximum atomic E-state index is 13.1. The molecule has 1 aliphatic rings. The number of thiazole rings is 1. The highest BCUT2D eigenvalue weighted by atomic mass is 35.5. The van der Waals surface area contributed by atoms with Gasteiger partial charge in [0, 0.05) is 18.8 Å². The molecule has 0 aliphatic carbocycles. The van der Waals surface area contributed by atoms with Crippen molar-refractivity contribution >= 4 is 49.9 Å². The zero-order valence-corrected chi connectivity index (χ0v) is 14.8. The van der Waals surface area contributed by atoms with E-state index < -0.39 is 5.82 Å². The molecule has 0 unspecified atom stereocenters. The van der Waals surface area contributed by atoms with Crippen LogP contribution >= 0.6 is 22.9 Å². The molecular formula is C18H15ClFN3OS. The number of carbonyl (C=O) groups excluding carboxylic acids is 1. The molecule has 1 fully saturated rings. The van der Waals surface area contributed by atoms with Gasteiger partial charge in [-0.25, -0.2) is 9.37 Å². The zero-order chi connectivity index (χ0) is 17.4. The fourth-order valence-electron chi connectivity index (χ4n) is 2.91. The van der Waals surface area contributed by atoms with E-state index in [2.05, 4.69) is 15.2 Å². The Balaban J connectivity index is 1.57. The largest absolute Gasteiger partial charge is 0.348 e. The molecule has 1 aromatic heterocycles. The lowest BCUT2D eigenvalue weighted by Crippen LogP contribution is -2.16. The first-order valence-electron chi connectivity index (χ1n) is 8.02. The topological polar surface area (TPSA) is 45.2 Å². The predicted molar refractivity (Wildman–Crippen MR) is 100 cm³/mol. The Labute approximate surface area is 153 Å². The van der Waals surface area contributed by atoms with E-state index in [9.17, 15) is 9.18 Å². The van der Waals surface area contributed by atoms with Gasteiger partial charge in [0.2, 0.25) is 0 Å². The van der Waals surface area contributed by atoms with Crippen molar-refractivity contribution in [2.45, 2.75) is 12.8 Å². The van der Waals surface area contributed by atoms with Crippen molar-refractivity contribution in [1.82, 2.24) is 4.98 Å². The zero-order valence-electron chi connectivity index (χ0n) is 13.3. The first-order chi connectivity index (χ1) is 12.1. The van der Waals surface area contributed by atoms with E-state index in [4.69, 9.17) is 11.6 Å². The van der Waals surface area contributed by atoms with Crippen molar-refractivity contribution in [2.24, 2.45) is 0 Å². The van der Waals surface area contributed by atoms with Gasteiger partial charge in [-0.2, -0.15) is 0 Å². The Morgan fingerprint density at radius 3 is 2.76 bits per heavy atom. The van der Waals surface area contributed by atoms with Gasteiger partial charge in [-0.3, -0.25) is 4.79 Å². The second-order valence-electron chi connectivity index (χ2n) is 5.95. The van der Waals surface area contributed by atoms with Crippen LogP contribution in [0.2, 0.25) is 5.02 Å². The van der Waals surface area contributed by atoms with Crippen LogP contribution in [0.4, 0.5) is 15.2 Å². The Hall–Kier alpha value is -2.18. The van der Waals surface area contributed by atoms with Crippen LogP contribution in [0.5, 0.6) is 0 Å². The highest BCUT2D eigenvalue weighted by Crippen LogP contribution is 2.32. The monoisotopic (exact) mass is 375 g/mol. The highest BCUT2D eigenvalue weighted by molar-refractivity contribution is 7.22. The fraction of sp³-hybridized carbons (Fsp3) is 0.222. The summed E-state index contributed by atoms with van der Waals surface area (Å²) >= 11 is 7.57. The number of aromatic nitrogens is 1. The fourth-order valence-corrected chi connectivity index (χ4v) is 4.22. The number of nitrogens with one attached hydrogen (secondary N) is 1. The van der Waals surface area contributed by atoms with Gasteiger partial charge in [0.15, 0.2) is 5.13 Å². The minimum atomic E-state index is -0.470. The van der Waals surface area contributed by atoms with Crippen molar-refractivity contribution < 1.29 is 9.18 Å². The smallest absolute Gasteiger partial charge is 0.257 e. The van der Waals surface area contributed by atoms with Crippen molar-refractivity contribution in [2.75, 3.05) is 23.3 Å². The van der Waals surface area contributed by atoms with Gasteiger partial charge in [-0.15, -0.1) is 0 Å². The van der Waals surface area contributed by atoms with Crippen molar-refractivity contribution in [3.8, 4) is 0 Å². The van der Waals surface area contributed by atoms with E-state index in [1.165, 1.54) is 25.0 Å². The molecule has 0 spiro atoms. The third-order valence-corrected chi connectivity index (χ3v) is 5.58. The Morgan fingerprint density at radius 1 is 1.20 bits per heavy atom. The molecule has 2 heterocycles. The molecule has 0 radical (unpaired) electrons. The van der Waals surface area contributed by atoms with E-state index >= 15 is 0 Å². The van der Waals surface area contributed by atoms with Crippen LogP contribution in [0.25, 0.3) is 10.2 Å². The first-order valence-corrected chi connectivity index (χ1v) is 9.21. The minimum absolute atomic E-state index is 0.0905. The van der Waals surface area contributed by atoms with Crippen LogP contribution in [0.3, 0.4) is 0 Å². The molecule has 7 heteroatoms. The van der Waals surface area contributed by atoms with Gasteiger partial charge < -0.3 is 10.2 Å². The molecule has 1 aliphatic heterocycles. The standard InChI is InChI=1S/C18H15ClFN3OS/c19-14-9-11(20)3-5-13(14)17(24)21-12-4-6-15-16(10-12)25-18(22-15)23-7-1-2-8-23/h3-6,9-10H,1-2,7-8H2,(H,21,24). The SMILES string of the molecule is O=C(Nc1ccc2nc(N3CCCC3)sc2c1)c1ccc(F)cc1Cl. The molecule has 25 heavy (non-hydrogen) atoms. The summed E-state index contributed by atoms with van der Waals surface area (Å²) in [5, 5.41) is 3.92. The number of hydrogen-bond acceptors (Lipinski definition) is 4. The number of fused-ring (bicyclic) bond motifs is 1. The number of nitrogens with zero attached hydrogens (tertiary/aromatic N) is 2. The van der Waals surface area contributed by atoms with Crippen LogP contribution in [0.15, 0.2) is 36.4 Å². The summed E-state index contributed by atoms with van der Waals surface area (Å²) in [5.41, 5.74) is 1.82. The molecule has 0 atom stereocenters. The number of carbonyl (C=O) groups is 1. The molecule has 4 nitrogen and oxygen atoms in total. The van der Waals surface area contributed by atoms with Gasteiger partial charge in [0.25, 0.3) is 5.91 Å². The number of hydrogen-bond donors (Lipinski definition) is 1. The molecule has 128 valence electrons. The van der Waals surface area contributed by atoms with Crippen LogP contribution in [-0.4, -0.2) is 24.0 Å². The van der Waals surface area contributed by atoms with E-state index in [0.717, 1.165) is 34.5 Å². The number of benzene rings is 2. The number of anilines is 2. The summed E-state index contributed by atoms with van der Waals surface area (Å²) in [7, 11) is 0. The van der Waals surface area contributed by atoms with Crippen LogP contribution in [0.1, 0.15) is 23.2 Å². The molecule has 3 aromatic rings. The van der Waals surface area contributed by atoms with Gasteiger partial charge in [0.1, 0.15) is 5.82 Å². The lowest BCUT2D eigenvalue weighted by atomic mass is 10.2. The molecule has 2 aromatic carbocycles. The molecule has 1 N–H and O–H groups in total. The van der Waals surface area contributed by atoms with Crippen molar-refractivity contribution in [3.63, 3.8) is 0 Å². The molecule has 1 saturated heterocycles. The third kappa shape index (κ3) is 3.32. The summed E-state index contributed by atoms with van der Waals surface area (Å²) in [5.74, 6) is -0.837. The van der Waals surface area contributed by atoms with Crippen LogP contribution in [0, 0.1) is 5.82 Å². The van der Waals surface area contributed by atoms with E-state index in [1.54, 1.807) is 11.3 Å². The normalized spacial score (nSPS) is 14.2. The maximum absolute atomic E-state index is 13.1. The number of amides is 1. The second kappa shape index (κ2) is 6.61. The second-order valence-corrected chi connectivity index (χ2v) is 7.37. The summed E-state index contributed by atoms with van der Waals surface area (Å²) in [6, 6.07) is 9.34. The Kier molecular flexibility index (Phi) is 4.31. The van der Waals surface area contributed by atoms with E-state index in [-0.39, 0.29) is 16.5 Å². The minimum Gasteiger partial charge on any atom is -0.348 e. The lowest BCUT2D eigenvalue weighted by molar-refractivity contribution is 0.102. The van der Waals surface area contributed by atoms with Gasteiger partial charge in [-0.05, 0) is 49.2 Å². The molecular weight excluding hydrogens is 361 g/mol. The van der Waals surface area contributed by atoms with Gasteiger partial charge in [0.05, 0.1) is 20.8 Å². The van der Waals surface area contributed by atoms with E-state index in [0.29, 0.717) is 5.69 Å². The summed E-state index contributed by atoms with van der Waals surface area (Å²) in [6.07, 6.45) is 2.41. The molecule has 1 amide bonds. The third-order valence-electron chi connectivity index (χ3n) is 4.19. The Bertz CT molecular complexity index is 953. The lowest BCUT2D eigenvalue weighted by Gasteiger charge is -2.11. The molecule has 4 rings (SSSR count). The highest BCUT2D eigenvalue weighted by Gasteiger charge is 2.17. The molecule has 0 bridgehead atoms. The quantitative estimate of drug-likeness (QED) is 0.705. The van der Waals surface area contributed by atoms with Crippen LogP contribution in [-0.2, 0) is 0 Å². The summed E-state index contributed by atoms with van der Waals surface area (Å²) in [6.45, 7) is 2.10. The average molecular weight is 376 g/mol. The van der Waals surface area contributed by atoms with Crippen molar-refractivity contribution in [1.29, 1.82) is 0 Å². The predicted octanol–water partition coefficient (Wildman–Crippen LogP) is 4.94. The van der Waals surface area contributed by atoms with Crippen LogP contribution < -0.4 is 10.2 Å². The maximum Gasteiger partial charge on any atom is 0.257 e. The summed E-state index contributed by atoms with van der Waals surface area (Å²) < 4.78 is 14.1. The number of rotatable bonds is 3. The van der Waals surface area contributed by atoms with Crippen molar-refractivity contribution in [3.05, 3.63) is 52.8 Å². The molecule has 0 saturated carbocycles. The Morgan fingerprint density at radius 2 is 2.00 bits per heavy atom. The average Bonchev–Trinajstić information content (AvgIpc) is 3.23. The van der Waals surface area contributed by atoms with Gasteiger partial charge >= 0.3 is 0 Å². The number of halogens is 2. The van der Waals surface area contributed by atoms with Gasteiger partial charge in [-0.1, -0.05) is 22.9 Å². The first kappa shape index (κ1) is 16.3. The summed E-state index contributed by atoms with van der Waals surface area (Å²) in [4.78, 5) is 19.3.